The number of alkyl halides is 3. The van der Waals surface area contributed by atoms with Gasteiger partial charge in [-0.2, -0.15) is 13.2 Å². The molecular formula is C22H18F3N5O5S. The highest BCUT2D eigenvalue weighted by atomic mass is 32.1. The molecule has 0 aromatic carbocycles. The average Bonchev–Trinajstić information content (AvgIpc) is 3.51. The number of thiazole rings is 1. The molecule has 3 heterocycles. The second kappa shape index (κ2) is 9.89. The van der Waals surface area contributed by atoms with E-state index in [0.29, 0.717) is 11.3 Å². The second-order valence-electron chi connectivity index (χ2n) is 7.62. The van der Waals surface area contributed by atoms with Crippen LogP contribution in [0.4, 0.5) is 23.8 Å². The van der Waals surface area contributed by atoms with Crippen molar-refractivity contribution in [1.82, 2.24) is 20.3 Å². The Morgan fingerprint density at radius 3 is 2.42 bits per heavy atom. The number of carbonyl (C=O) groups excluding carboxylic acids is 3. The van der Waals surface area contributed by atoms with Crippen molar-refractivity contribution in [3.63, 3.8) is 0 Å². The van der Waals surface area contributed by atoms with E-state index in [9.17, 15) is 27.6 Å². The van der Waals surface area contributed by atoms with Gasteiger partial charge >= 0.3 is 24.1 Å². The van der Waals surface area contributed by atoms with Gasteiger partial charge in [0.25, 0.3) is 0 Å². The number of amides is 2. The standard InChI is InChI=1S/C22H18F3N5O5S/c1-34-19(31)11-5-10(6-26-7-11)13-8-27-17(30-21(33)28-12-3-4-12)16(20(32)35-2)15(13)18-29-14(9-36-18)22(23,24)25/h5-9,12H,3-4H2,1-2H3,(H2,27,28,30,33). The molecule has 0 aliphatic heterocycles. The summed E-state index contributed by atoms with van der Waals surface area (Å²) in [5.41, 5.74) is -1.13. The molecule has 36 heavy (non-hydrogen) atoms. The van der Waals surface area contributed by atoms with Gasteiger partial charge in [0.1, 0.15) is 16.4 Å². The van der Waals surface area contributed by atoms with Gasteiger partial charge in [0.05, 0.1) is 19.8 Å². The number of carbonyl (C=O) groups is 3. The van der Waals surface area contributed by atoms with Gasteiger partial charge in [-0.15, -0.1) is 11.3 Å². The summed E-state index contributed by atoms with van der Waals surface area (Å²) < 4.78 is 49.6. The van der Waals surface area contributed by atoms with Crippen molar-refractivity contribution in [2.75, 3.05) is 19.5 Å². The zero-order valence-electron chi connectivity index (χ0n) is 18.8. The summed E-state index contributed by atoms with van der Waals surface area (Å²) >= 11 is 0.637. The molecule has 0 atom stereocenters. The van der Waals surface area contributed by atoms with Crippen LogP contribution in [0.2, 0.25) is 0 Å². The molecule has 0 radical (unpaired) electrons. The van der Waals surface area contributed by atoms with Crippen LogP contribution < -0.4 is 10.6 Å². The Hall–Kier alpha value is -4.07. The monoisotopic (exact) mass is 521 g/mol. The van der Waals surface area contributed by atoms with Crippen molar-refractivity contribution >= 4 is 35.1 Å². The van der Waals surface area contributed by atoms with Crippen LogP contribution in [0, 0.1) is 0 Å². The maximum Gasteiger partial charge on any atom is 0.434 e. The molecule has 0 bridgehead atoms. The normalized spacial score (nSPS) is 13.1. The summed E-state index contributed by atoms with van der Waals surface area (Å²) in [5, 5.41) is 5.76. The average molecular weight is 521 g/mol. The lowest BCUT2D eigenvalue weighted by Crippen LogP contribution is -2.31. The number of methoxy groups -OCH3 is 2. The first-order chi connectivity index (χ1) is 17.1. The molecule has 10 nitrogen and oxygen atoms in total. The van der Waals surface area contributed by atoms with Crippen LogP contribution in [0.5, 0.6) is 0 Å². The largest absolute Gasteiger partial charge is 0.465 e. The summed E-state index contributed by atoms with van der Waals surface area (Å²) in [6.07, 6.45) is 0.688. The van der Waals surface area contributed by atoms with Gasteiger partial charge < -0.3 is 14.8 Å². The van der Waals surface area contributed by atoms with Crippen LogP contribution in [0.15, 0.2) is 30.0 Å². The van der Waals surface area contributed by atoms with E-state index in [2.05, 4.69) is 25.6 Å². The highest BCUT2D eigenvalue weighted by Gasteiger charge is 2.35. The van der Waals surface area contributed by atoms with Gasteiger partial charge in [-0.05, 0) is 18.9 Å². The summed E-state index contributed by atoms with van der Waals surface area (Å²) in [7, 11) is 2.26. The molecule has 1 aliphatic carbocycles. The maximum atomic E-state index is 13.3. The first kappa shape index (κ1) is 25.0. The van der Waals surface area contributed by atoms with E-state index in [0.717, 1.165) is 25.3 Å². The third kappa shape index (κ3) is 5.27. The van der Waals surface area contributed by atoms with Gasteiger partial charge in [-0.25, -0.2) is 24.4 Å². The SMILES string of the molecule is COC(=O)c1cncc(-c2cnc(NC(=O)NC3CC3)c(C(=O)OC)c2-c2nc(C(F)(F)F)cs2)c1. The molecule has 3 aromatic rings. The molecule has 188 valence electrons. The quantitative estimate of drug-likeness (QED) is 0.463. The van der Waals surface area contributed by atoms with Crippen LogP contribution in [0.25, 0.3) is 21.7 Å². The molecule has 4 rings (SSSR count). The summed E-state index contributed by atoms with van der Waals surface area (Å²) in [6.45, 7) is 0. The number of hydrogen-bond acceptors (Lipinski definition) is 9. The van der Waals surface area contributed by atoms with Crippen molar-refractivity contribution in [2.45, 2.75) is 25.1 Å². The second-order valence-corrected chi connectivity index (χ2v) is 8.48. The molecule has 0 saturated heterocycles. The maximum absolute atomic E-state index is 13.3. The number of halogens is 3. The molecule has 3 aromatic heterocycles. The number of aromatic nitrogens is 3. The molecule has 1 saturated carbocycles. The fraction of sp³-hybridized carbons (Fsp3) is 0.273. The number of anilines is 1. The molecule has 1 fully saturated rings. The lowest BCUT2D eigenvalue weighted by molar-refractivity contribution is -0.140. The van der Waals surface area contributed by atoms with E-state index in [1.165, 1.54) is 31.8 Å². The van der Waals surface area contributed by atoms with E-state index in [1.807, 2.05) is 0 Å². The lowest BCUT2D eigenvalue weighted by atomic mass is 9.97. The van der Waals surface area contributed by atoms with Crippen LogP contribution >= 0.6 is 11.3 Å². The van der Waals surface area contributed by atoms with Crippen molar-refractivity contribution in [1.29, 1.82) is 0 Å². The van der Waals surface area contributed by atoms with Gasteiger partial charge in [0.15, 0.2) is 5.69 Å². The Morgan fingerprint density at radius 1 is 1.08 bits per heavy atom. The predicted molar refractivity (Wildman–Crippen MR) is 121 cm³/mol. The highest BCUT2D eigenvalue weighted by molar-refractivity contribution is 7.13. The molecule has 0 unspecified atom stereocenters. The van der Waals surface area contributed by atoms with E-state index < -0.39 is 29.8 Å². The number of nitrogens with one attached hydrogen (secondary N) is 2. The first-order valence-corrected chi connectivity index (χ1v) is 11.3. The molecule has 2 N–H and O–H groups in total. The van der Waals surface area contributed by atoms with Crippen molar-refractivity contribution < 1.29 is 37.0 Å². The van der Waals surface area contributed by atoms with E-state index >= 15 is 0 Å². The number of ether oxygens (including phenoxy) is 2. The Labute approximate surface area is 205 Å². The third-order valence-electron chi connectivity index (χ3n) is 5.09. The van der Waals surface area contributed by atoms with Crippen molar-refractivity contribution in [3.05, 3.63) is 46.9 Å². The molecule has 14 heteroatoms. The molecular weight excluding hydrogens is 503 g/mol. The number of pyridine rings is 2. The topological polar surface area (TPSA) is 132 Å². The van der Waals surface area contributed by atoms with E-state index in [4.69, 9.17) is 9.47 Å². The summed E-state index contributed by atoms with van der Waals surface area (Å²) in [5.74, 6) is -1.91. The minimum atomic E-state index is -4.73. The third-order valence-corrected chi connectivity index (χ3v) is 5.95. The Balaban J connectivity index is 1.93. The van der Waals surface area contributed by atoms with Crippen molar-refractivity contribution in [2.24, 2.45) is 0 Å². The zero-order valence-corrected chi connectivity index (χ0v) is 19.6. The van der Waals surface area contributed by atoms with Crippen LogP contribution in [0.1, 0.15) is 39.3 Å². The number of hydrogen-bond donors (Lipinski definition) is 2. The minimum absolute atomic E-state index is 0.00855. The van der Waals surface area contributed by atoms with Crippen molar-refractivity contribution in [3.8, 4) is 21.7 Å². The summed E-state index contributed by atoms with van der Waals surface area (Å²) in [6, 6.07) is 0.732. The minimum Gasteiger partial charge on any atom is -0.465 e. The van der Waals surface area contributed by atoms with E-state index in [1.54, 1.807) is 0 Å². The van der Waals surface area contributed by atoms with Crippen LogP contribution in [-0.4, -0.2) is 53.2 Å². The smallest absolute Gasteiger partial charge is 0.434 e. The number of urea groups is 1. The van der Waals surface area contributed by atoms with Gasteiger partial charge in [-0.3, -0.25) is 10.3 Å². The van der Waals surface area contributed by atoms with Crippen LogP contribution in [0.3, 0.4) is 0 Å². The van der Waals surface area contributed by atoms with E-state index in [-0.39, 0.29) is 44.7 Å². The Morgan fingerprint density at radius 2 is 1.81 bits per heavy atom. The van der Waals surface area contributed by atoms with Gasteiger partial charge in [0.2, 0.25) is 0 Å². The lowest BCUT2D eigenvalue weighted by Gasteiger charge is -2.16. The first-order valence-electron chi connectivity index (χ1n) is 10.4. The fourth-order valence-corrected chi connectivity index (χ4v) is 4.13. The zero-order chi connectivity index (χ0) is 26.0. The highest BCUT2D eigenvalue weighted by Crippen LogP contribution is 2.41. The fourth-order valence-electron chi connectivity index (χ4n) is 3.24. The van der Waals surface area contributed by atoms with Crippen LogP contribution in [-0.2, 0) is 15.7 Å². The number of rotatable bonds is 6. The summed E-state index contributed by atoms with van der Waals surface area (Å²) in [4.78, 5) is 49.1. The molecule has 0 spiro atoms. The molecule has 1 aliphatic rings. The van der Waals surface area contributed by atoms with Gasteiger partial charge in [0, 0.05) is 46.7 Å². The number of nitrogens with zero attached hydrogens (tertiary/aromatic N) is 3. The number of esters is 2. The molecule has 2 amide bonds. The Bertz CT molecular complexity index is 1340. The Kier molecular flexibility index (Phi) is 6.88. The predicted octanol–water partition coefficient (Wildman–Crippen LogP) is 4.14. The van der Waals surface area contributed by atoms with Gasteiger partial charge in [-0.1, -0.05) is 0 Å².